The minimum absolute atomic E-state index is 0.127. The molecule has 0 aromatic rings. The van der Waals surface area contributed by atoms with Gasteiger partial charge in [-0.3, -0.25) is 4.79 Å². The number of carbonyl (C=O) groups excluding carboxylic acids is 1. The Morgan fingerprint density at radius 1 is 0.765 bits per heavy atom. The second-order valence-electron chi connectivity index (χ2n) is 4.25. The molecule has 0 unspecified atom stereocenters. The molecule has 0 spiro atoms. The highest BCUT2D eigenvalue weighted by molar-refractivity contribution is 5.69. The fraction of sp³-hybridized carbons (Fsp3) is 0.923. The maximum absolute atomic E-state index is 11.2. The highest BCUT2D eigenvalue weighted by Crippen LogP contribution is 2.07. The molecule has 0 amide bonds. The Hall–Kier alpha value is -0.610. The smallest absolute Gasteiger partial charge is 0.305 e. The second-order valence-corrected chi connectivity index (χ2v) is 4.25. The zero-order valence-corrected chi connectivity index (χ0v) is 10.7. The predicted molar refractivity (Wildman–Crippen MR) is 66.7 cm³/mol. The van der Waals surface area contributed by atoms with Crippen molar-refractivity contribution in [1.82, 2.24) is 0 Å². The Balaban J connectivity index is 3.11. The van der Waals surface area contributed by atoms with E-state index in [1.807, 2.05) is 0 Å². The molecule has 0 atom stereocenters. The van der Waals surface area contributed by atoms with Crippen LogP contribution < -0.4 is 0 Å². The molecule has 0 rings (SSSR count). The number of aliphatic hydroxyl groups is 2. The van der Waals surface area contributed by atoms with E-state index < -0.39 is 0 Å². The summed E-state index contributed by atoms with van der Waals surface area (Å²) in [6.07, 6.45) is 8.08. The van der Waals surface area contributed by atoms with Crippen LogP contribution in [0.25, 0.3) is 0 Å². The number of hydrogen-bond acceptors (Lipinski definition) is 4. The van der Waals surface area contributed by atoms with Crippen LogP contribution in [-0.2, 0) is 9.53 Å². The molecule has 102 valence electrons. The van der Waals surface area contributed by atoms with Gasteiger partial charge in [-0.1, -0.05) is 25.7 Å². The maximum Gasteiger partial charge on any atom is 0.305 e. The van der Waals surface area contributed by atoms with Gasteiger partial charge in [-0.15, -0.1) is 0 Å². The first-order chi connectivity index (χ1) is 8.31. The van der Waals surface area contributed by atoms with Crippen LogP contribution in [0.4, 0.5) is 0 Å². The lowest BCUT2D eigenvalue weighted by atomic mass is 10.1. The Morgan fingerprint density at radius 3 is 1.94 bits per heavy atom. The number of ether oxygens (including phenoxy) is 1. The zero-order valence-electron chi connectivity index (χ0n) is 10.7. The fourth-order valence-electron chi connectivity index (χ4n) is 1.56. The van der Waals surface area contributed by atoms with E-state index in [9.17, 15) is 4.79 Å². The Labute approximate surface area is 104 Å². The summed E-state index contributed by atoms with van der Waals surface area (Å²) < 4.78 is 5.01. The number of esters is 1. The van der Waals surface area contributed by atoms with Crippen molar-refractivity contribution in [1.29, 1.82) is 0 Å². The summed E-state index contributed by atoms with van der Waals surface area (Å²) in [4.78, 5) is 11.2. The molecule has 0 aliphatic carbocycles. The van der Waals surface area contributed by atoms with E-state index in [1.54, 1.807) is 0 Å². The average Bonchev–Trinajstić information content (AvgIpc) is 2.33. The van der Waals surface area contributed by atoms with Gasteiger partial charge in [0.05, 0.1) is 6.61 Å². The molecule has 0 aromatic carbocycles. The summed E-state index contributed by atoms with van der Waals surface area (Å²) in [5, 5.41) is 17.1. The summed E-state index contributed by atoms with van der Waals surface area (Å²) in [5.74, 6) is -0.127. The zero-order chi connectivity index (χ0) is 12.8. The third-order valence-corrected chi connectivity index (χ3v) is 2.60. The van der Waals surface area contributed by atoms with Gasteiger partial charge in [-0.25, -0.2) is 0 Å². The van der Waals surface area contributed by atoms with E-state index in [-0.39, 0.29) is 19.2 Å². The SMILES string of the molecule is O=C(CCCCCCCCO)OCCCCO. The number of carbonyl (C=O) groups is 1. The van der Waals surface area contributed by atoms with Crippen LogP contribution in [-0.4, -0.2) is 36.0 Å². The number of aliphatic hydroxyl groups excluding tert-OH is 2. The first-order valence-corrected chi connectivity index (χ1v) is 6.68. The normalized spacial score (nSPS) is 10.5. The first kappa shape index (κ1) is 16.4. The van der Waals surface area contributed by atoms with Crippen molar-refractivity contribution in [3.8, 4) is 0 Å². The Kier molecular flexibility index (Phi) is 13.0. The number of unbranched alkanes of at least 4 members (excludes halogenated alkanes) is 6. The van der Waals surface area contributed by atoms with Crippen molar-refractivity contribution in [3.63, 3.8) is 0 Å². The van der Waals surface area contributed by atoms with Crippen LogP contribution in [0.3, 0.4) is 0 Å². The molecule has 4 heteroatoms. The molecule has 0 aliphatic rings. The molecule has 0 aromatic heterocycles. The largest absolute Gasteiger partial charge is 0.466 e. The van der Waals surface area contributed by atoms with Crippen LogP contribution >= 0.6 is 0 Å². The van der Waals surface area contributed by atoms with Crippen molar-refractivity contribution in [2.24, 2.45) is 0 Å². The van der Waals surface area contributed by atoms with Gasteiger partial charge >= 0.3 is 5.97 Å². The molecule has 2 N–H and O–H groups in total. The lowest BCUT2D eigenvalue weighted by molar-refractivity contribution is -0.143. The molecule has 0 saturated heterocycles. The molecular formula is C13H26O4. The van der Waals surface area contributed by atoms with Crippen molar-refractivity contribution in [3.05, 3.63) is 0 Å². The minimum Gasteiger partial charge on any atom is -0.466 e. The van der Waals surface area contributed by atoms with E-state index in [4.69, 9.17) is 14.9 Å². The van der Waals surface area contributed by atoms with Gasteiger partial charge in [0.2, 0.25) is 0 Å². The van der Waals surface area contributed by atoms with E-state index >= 15 is 0 Å². The van der Waals surface area contributed by atoms with Crippen LogP contribution in [0.5, 0.6) is 0 Å². The van der Waals surface area contributed by atoms with Gasteiger partial charge in [0.1, 0.15) is 0 Å². The van der Waals surface area contributed by atoms with Gasteiger partial charge in [-0.2, -0.15) is 0 Å². The minimum atomic E-state index is -0.127. The van der Waals surface area contributed by atoms with Crippen molar-refractivity contribution >= 4 is 5.97 Å². The van der Waals surface area contributed by atoms with Gasteiger partial charge in [0, 0.05) is 19.6 Å². The molecular weight excluding hydrogens is 220 g/mol. The predicted octanol–water partition coefficient (Wildman–Crippen LogP) is 2.03. The second kappa shape index (κ2) is 13.5. The topological polar surface area (TPSA) is 66.8 Å². The summed E-state index contributed by atoms with van der Waals surface area (Å²) in [7, 11) is 0. The Morgan fingerprint density at radius 2 is 1.29 bits per heavy atom. The van der Waals surface area contributed by atoms with E-state index in [2.05, 4.69) is 0 Å². The van der Waals surface area contributed by atoms with Crippen molar-refractivity contribution in [2.45, 2.75) is 57.8 Å². The first-order valence-electron chi connectivity index (χ1n) is 6.68. The van der Waals surface area contributed by atoms with E-state index in [0.717, 1.165) is 44.9 Å². The molecule has 0 radical (unpaired) electrons. The highest BCUT2D eigenvalue weighted by atomic mass is 16.5. The molecule has 0 fully saturated rings. The monoisotopic (exact) mass is 246 g/mol. The van der Waals surface area contributed by atoms with Crippen LogP contribution in [0, 0.1) is 0 Å². The summed E-state index contributed by atoms with van der Waals surface area (Å²) >= 11 is 0. The third-order valence-electron chi connectivity index (χ3n) is 2.60. The van der Waals surface area contributed by atoms with E-state index in [1.165, 1.54) is 0 Å². The van der Waals surface area contributed by atoms with Gasteiger partial charge in [0.25, 0.3) is 0 Å². The summed E-state index contributed by atoms with van der Waals surface area (Å²) in [6.45, 7) is 0.863. The molecule has 0 bridgehead atoms. The van der Waals surface area contributed by atoms with Crippen LogP contribution in [0.15, 0.2) is 0 Å². The van der Waals surface area contributed by atoms with Crippen molar-refractivity contribution in [2.75, 3.05) is 19.8 Å². The molecule has 17 heavy (non-hydrogen) atoms. The quantitative estimate of drug-likeness (QED) is 0.408. The van der Waals surface area contributed by atoms with Crippen molar-refractivity contribution < 1.29 is 19.7 Å². The van der Waals surface area contributed by atoms with Gasteiger partial charge < -0.3 is 14.9 Å². The Bertz CT molecular complexity index is 171. The van der Waals surface area contributed by atoms with E-state index in [0.29, 0.717) is 19.4 Å². The molecule has 0 heterocycles. The lowest BCUT2D eigenvalue weighted by Gasteiger charge is -2.04. The third kappa shape index (κ3) is 13.3. The standard InChI is InChI=1S/C13H26O4/c14-10-6-4-2-1-3-5-9-13(16)17-12-8-7-11-15/h14-15H,1-12H2. The fourth-order valence-corrected chi connectivity index (χ4v) is 1.56. The lowest BCUT2D eigenvalue weighted by Crippen LogP contribution is -2.06. The number of hydrogen-bond donors (Lipinski definition) is 2. The van der Waals surface area contributed by atoms with Crippen LogP contribution in [0.1, 0.15) is 57.8 Å². The summed E-state index contributed by atoms with van der Waals surface area (Å²) in [5.41, 5.74) is 0. The summed E-state index contributed by atoms with van der Waals surface area (Å²) in [6, 6.07) is 0. The molecule has 0 saturated carbocycles. The number of rotatable bonds is 12. The van der Waals surface area contributed by atoms with Gasteiger partial charge in [-0.05, 0) is 25.7 Å². The molecule has 4 nitrogen and oxygen atoms in total. The average molecular weight is 246 g/mol. The van der Waals surface area contributed by atoms with Gasteiger partial charge in [0.15, 0.2) is 0 Å². The molecule has 0 aliphatic heterocycles. The highest BCUT2D eigenvalue weighted by Gasteiger charge is 2.01. The van der Waals surface area contributed by atoms with Crippen LogP contribution in [0.2, 0.25) is 0 Å². The maximum atomic E-state index is 11.2.